The van der Waals surface area contributed by atoms with Gasteiger partial charge in [-0.05, 0) is 37.0 Å². The Morgan fingerprint density at radius 1 is 1.17 bits per heavy atom. The summed E-state index contributed by atoms with van der Waals surface area (Å²) in [5.41, 5.74) is 2.63. The van der Waals surface area contributed by atoms with Gasteiger partial charge in [0.05, 0.1) is 19.2 Å². The molecule has 7 heteroatoms. The first-order chi connectivity index (χ1) is 14.0. The number of carbonyl (C=O) groups is 2. The van der Waals surface area contributed by atoms with E-state index in [1.165, 1.54) is 0 Å². The van der Waals surface area contributed by atoms with E-state index in [2.05, 4.69) is 29.8 Å². The lowest BCUT2D eigenvalue weighted by Crippen LogP contribution is -2.68. The molecule has 2 aliphatic heterocycles. The van der Waals surface area contributed by atoms with E-state index in [0.29, 0.717) is 11.7 Å². The topological polar surface area (TPSA) is 79.5 Å². The van der Waals surface area contributed by atoms with Crippen LogP contribution in [0.25, 0.3) is 0 Å². The third-order valence-corrected chi connectivity index (χ3v) is 7.46. The highest BCUT2D eigenvalue weighted by atomic mass is 32.2. The Hall–Kier alpha value is -1.99. The Morgan fingerprint density at radius 2 is 1.93 bits per heavy atom. The minimum atomic E-state index is -0.377. The van der Waals surface area contributed by atoms with Crippen LogP contribution >= 0.6 is 11.8 Å². The predicted molar refractivity (Wildman–Crippen MR) is 114 cm³/mol. The molecule has 6 nitrogen and oxygen atoms in total. The van der Waals surface area contributed by atoms with Gasteiger partial charge in [0.1, 0.15) is 11.2 Å². The van der Waals surface area contributed by atoms with E-state index in [4.69, 9.17) is 4.74 Å². The molecule has 5 unspecified atom stereocenters. The molecule has 1 aliphatic carbocycles. The highest BCUT2D eigenvalue weighted by Crippen LogP contribution is 2.44. The van der Waals surface area contributed by atoms with Gasteiger partial charge < -0.3 is 15.4 Å². The monoisotopic (exact) mass is 415 g/mol. The first kappa shape index (κ1) is 20.3. The number of hydrogen-bond donors (Lipinski definition) is 3. The summed E-state index contributed by atoms with van der Waals surface area (Å²) in [4.78, 5) is 26.1. The van der Waals surface area contributed by atoms with Crippen molar-refractivity contribution in [3.8, 4) is 5.75 Å². The van der Waals surface area contributed by atoms with E-state index in [1.54, 1.807) is 18.9 Å². The molecule has 0 radical (unpaired) electrons. The number of hydrogen-bond acceptors (Lipinski definition) is 6. The molecule has 1 aromatic rings. The van der Waals surface area contributed by atoms with Crippen LogP contribution in [0.2, 0.25) is 0 Å². The van der Waals surface area contributed by atoms with Crippen LogP contribution in [0.1, 0.15) is 51.0 Å². The van der Waals surface area contributed by atoms with Crippen molar-refractivity contribution in [1.82, 2.24) is 16.0 Å². The Labute approximate surface area is 176 Å². The number of carbonyl (C=O) groups excluding carboxylic acids is 2. The quantitative estimate of drug-likeness (QED) is 0.686. The van der Waals surface area contributed by atoms with Gasteiger partial charge in [-0.15, -0.1) is 11.8 Å². The van der Waals surface area contributed by atoms with Crippen LogP contribution in [0.5, 0.6) is 5.75 Å². The van der Waals surface area contributed by atoms with Crippen molar-refractivity contribution in [2.75, 3.05) is 7.11 Å². The largest absolute Gasteiger partial charge is 0.497 e. The number of benzene rings is 1. The molecule has 0 aromatic heterocycles. The fourth-order valence-electron chi connectivity index (χ4n) is 4.49. The summed E-state index contributed by atoms with van der Waals surface area (Å²) in [6.07, 6.45) is 3.10. The van der Waals surface area contributed by atoms with Crippen molar-refractivity contribution < 1.29 is 14.3 Å². The first-order valence-electron chi connectivity index (χ1n) is 10.4. The number of thioether (sulfide) groups is 1. The van der Waals surface area contributed by atoms with Crippen LogP contribution in [-0.4, -0.2) is 35.7 Å². The summed E-state index contributed by atoms with van der Waals surface area (Å²) in [5.74, 6) is 0.282. The number of Topliss-reactive ketones (excluding diaryl/α,β-unsaturated/α-hetero) is 1. The molecule has 29 heavy (non-hydrogen) atoms. The van der Waals surface area contributed by atoms with Gasteiger partial charge in [-0.2, -0.15) is 0 Å². The zero-order valence-electron chi connectivity index (χ0n) is 17.2. The van der Waals surface area contributed by atoms with E-state index >= 15 is 0 Å². The summed E-state index contributed by atoms with van der Waals surface area (Å²) >= 11 is 1.73. The number of fused-ring (bicyclic) bond motifs is 1. The molecule has 1 amide bonds. The van der Waals surface area contributed by atoms with Gasteiger partial charge in [0.25, 0.3) is 0 Å². The number of amides is 1. The van der Waals surface area contributed by atoms with E-state index in [9.17, 15) is 9.59 Å². The normalized spacial score (nSPS) is 30.0. The molecule has 4 rings (SSSR count). The molecule has 3 aliphatic rings. The van der Waals surface area contributed by atoms with Crippen molar-refractivity contribution in [1.29, 1.82) is 0 Å². The molecule has 0 bridgehead atoms. The zero-order valence-corrected chi connectivity index (χ0v) is 18.0. The summed E-state index contributed by atoms with van der Waals surface area (Å²) in [7, 11) is 1.63. The molecule has 0 spiro atoms. The lowest BCUT2D eigenvalue weighted by molar-refractivity contribution is -0.130. The average Bonchev–Trinajstić information content (AvgIpc) is 2.72. The molecule has 3 N–H and O–H groups in total. The number of nitrogens with one attached hydrogen (secondary N) is 3. The molecule has 1 saturated heterocycles. The van der Waals surface area contributed by atoms with Crippen molar-refractivity contribution in [2.45, 2.75) is 62.4 Å². The van der Waals surface area contributed by atoms with Crippen LogP contribution in [0, 0.1) is 5.92 Å². The highest BCUT2D eigenvalue weighted by molar-refractivity contribution is 8.00. The molecule has 1 aromatic carbocycles. The molecule has 156 valence electrons. The maximum absolute atomic E-state index is 13.2. The molecule has 1 fully saturated rings. The third kappa shape index (κ3) is 3.90. The van der Waals surface area contributed by atoms with Crippen molar-refractivity contribution >= 4 is 23.5 Å². The molecule has 0 saturated carbocycles. The second-order valence-electron chi connectivity index (χ2n) is 7.98. The Balaban J connectivity index is 1.71. The Bertz CT molecular complexity index is 823. The van der Waals surface area contributed by atoms with Gasteiger partial charge in [-0.3, -0.25) is 14.9 Å². The average molecular weight is 416 g/mol. The van der Waals surface area contributed by atoms with Crippen molar-refractivity contribution in [3.63, 3.8) is 0 Å². The highest BCUT2D eigenvalue weighted by Gasteiger charge is 2.49. The maximum Gasteiger partial charge on any atom is 0.229 e. The number of rotatable bonds is 5. The summed E-state index contributed by atoms with van der Waals surface area (Å²) in [6.45, 7) is 4.31. The Kier molecular flexibility index (Phi) is 5.88. The summed E-state index contributed by atoms with van der Waals surface area (Å²) < 4.78 is 5.29. The van der Waals surface area contributed by atoms with Crippen LogP contribution in [0.4, 0.5) is 0 Å². The Morgan fingerprint density at radius 3 is 2.62 bits per heavy atom. The van der Waals surface area contributed by atoms with Crippen molar-refractivity contribution in [2.24, 2.45) is 5.92 Å². The molecule has 2 heterocycles. The van der Waals surface area contributed by atoms with Crippen LogP contribution < -0.4 is 20.7 Å². The smallest absolute Gasteiger partial charge is 0.229 e. The summed E-state index contributed by atoms with van der Waals surface area (Å²) in [6, 6.07) is 7.75. The predicted octanol–water partition coefficient (Wildman–Crippen LogP) is 2.87. The number of ketones is 1. The number of methoxy groups -OCH3 is 1. The summed E-state index contributed by atoms with van der Waals surface area (Å²) in [5, 5.41) is 10.7. The lowest BCUT2D eigenvalue weighted by Gasteiger charge is -2.47. The van der Waals surface area contributed by atoms with Gasteiger partial charge in [0.15, 0.2) is 5.78 Å². The molecular formula is C22H29N3O3S. The van der Waals surface area contributed by atoms with Gasteiger partial charge in [-0.25, -0.2) is 0 Å². The van der Waals surface area contributed by atoms with Crippen LogP contribution in [0.3, 0.4) is 0 Å². The van der Waals surface area contributed by atoms with E-state index in [0.717, 1.165) is 41.8 Å². The minimum absolute atomic E-state index is 0.00667. The number of ether oxygens (including phenoxy) is 1. The third-order valence-electron chi connectivity index (χ3n) is 6.14. The van der Waals surface area contributed by atoms with E-state index in [-0.39, 0.29) is 35.2 Å². The fraction of sp³-hybridized carbons (Fsp3) is 0.545. The first-order valence-corrected chi connectivity index (χ1v) is 11.3. The minimum Gasteiger partial charge on any atom is -0.497 e. The van der Waals surface area contributed by atoms with Crippen LogP contribution in [-0.2, 0) is 9.59 Å². The second-order valence-corrected chi connectivity index (χ2v) is 9.53. The fourth-order valence-corrected chi connectivity index (χ4v) is 5.56. The van der Waals surface area contributed by atoms with Crippen molar-refractivity contribution in [3.05, 3.63) is 41.1 Å². The zero-order chi connectivity index (χ0) is 20.5. The SMILES string of the molecule is CCC(C)SC1NC(=O)C2C(NC3=C(C(=O)CCC3)C2c2ccc(OC)cc2)N1. The maximum atomic E-state index is 13.2. The van der Waals surface area contributed by atoms with Gasteiger partial charge in [0.2, 0.25) is 5.91 Å². The van der Waals surface area contributed by atoms with E-state index in [1.807, 2.05) is 24.3 Å². The standard InChI is InChI=1S/C22H29N3O3S/c1-4-12(2)29-22-24-20-19(21(27)25-22)17(13-8-10-14(28-3)11-9-13)18-15(23-20)6-5-7-16(18)26/h8-12,17,19-20,22-24H,4-7H2,1-3H3,(H,25,27). The second kappa shape index (κ2) is 8.40. The van der Waals surface area contributed by atoms with Crippen LogP contribution in [0.15, 0.2) is 35.5 Å². The van der Waals surface area contributed by atoms with Gasteiger partial charge >= 0.3 is 0 Å². The lowest BCUT2D eigenvalue weighted by atomic mass is 9.70. The molecule has 5 atom stereocenters. The van der Waals surface area contributed by atoms with Gasteiger partial charge in [0, 0.05) is 28.9 Å². The molecular weight excluding hydrogens is 386 g/mol. The van der Waals surface area contributed by atoms with Gasteiger partial charge in [-0.1, -0.05) is 26.0 Å². The number of allylic oxidation sites excluding steroid dienone is 2. The van der Waals surface area contributed by atoms with E-state index < -0.39 is 0 Å².